The maximum atomic E-state index is 12.1. The molecule has 0 saturated heterocycles. The second kappa shape index (κ2) is 7.38. The van der Waals surface area contributed by atoms with E-state index in [1.807, 2.05) is 0 Å². The largest absolute Gasteiger partial charge is 0.352 e. The average Bonchev–Trinajstić information content (AvgIpc) is 2.47. The first-order valence-electron chi connectivity index (χ1n) is 7.02. The van der Waals surface area contributed by atoms with Gasteiger partial charge in [-0.25, -0.2) is 13.1 Å². The summed E-state index contributed by atoms with van der Waals surface area (Å²) >= 11 is 3.20. The van der Waals surface area contributed by atoms with Gasteiger partial charge in [0, 0.05) is 10.5 Å². The van der Waals surface area contributed by atoms with Crippen LogP contribution in [-0.2, 0) is 14.8 Å². The topological polar surface area (TPSA) is 75.3 Å². The van der Waals surface area contributed by atoms with Crippen LogP contribution in [-0.4, -0.2) is 26.9 Å². The number of benzene rings is 1. The number of hydrogen-bond donors (Lipinski definition) is 2. The van der Waals surface area contributed by atoms with Crippen LogP contribution in [0.5, 0.6) is 0 Å². The highest BCUT2D eigenvalue weighted by atomic mass is 79.9. The Morgan fingerprint density at radius 3 is 2.52 bits per heavy atom. The van der Waals surface area contributed by atoms with Gasteiger partial charge in [0.25, 0.3) is 0 Å². The number of rotatable bonds is 5. The summed E-state index contributed by atoms with van der Waals surface area (Å²) in [6.45, 7) is -0.236. The zero-order chi connectivity index (χ0) is 15.3. The number of hydrogen-bond acceptors (Lipinski definition) is 3. The van der Waals surface area contributed by atoms with E-state index in [4.69, 9.17) is 0 Å². The van der Waals surface area contributed by atoms with Crippen molar-refractivity contribution in [2.75, 3.05) is 6.54 Å². The molecule has 0 unspecified atom stereocenters. The number of carbonyl (C=O) groups is 1. The minimum absolute atomic E-state index is 0.135. The summed E-state index contributed by atoms with van der Waals surface area (Å²) in [5.41, 5.74) is 0. The lowest BCUT2D eigenvalue weighted by Gasteiger charge is -2.22. The molecule has 1 fully saturated rings. The second-order valence-electron chi connectivity index (χ2n) is 5.16. The SMILES string of the molecule is O=C(CNS(=O)(=O)c1ccccc1Br)NC1CCCCC1. The summed E-state index contributed by atoms with van der Waals surface area (Å²) in [6, 6.07) is 6.70. The van der Waals surface area contributed by atoms with Crippen LogP contribution in [0.15, 0.2) is 33.6 Å². The molecule has 0 heterocycles. The van der Waals surface area contributed by atoms with Gasteiger partial charge in [-0.1, -0.05) is 31.4 Å². The van der Waals surface area contributed by atoms with Crippen molar-refractivity contribution >= 4 is 31.9 Å². The molecule has 1 aliphatic carbocycles. The molecule has 0 aromatic heterocycles. The second-order valence-corrected chi connectivity index (χ2v) is 7.75. The normalized spacial score (nSPS) is 16.6. The first-order valence-corrected chi connectivity index (χ1v) is 9.30. The van der Waals surface area contributed by atoms with E-state index in [1.165, 1.54) is 12.5 Å². The summed E-state index contributed by atoms with van der Waals surface area (Å²) in [7, 11) is -3.68. The fraction of sp³-hybridized carbons (Fsp3) is 0.500. The Bertz CT molecular complexity index is 598. The van der Waals surface area contributed by atoms with Crippen molar-refractivity contribution in [1.29, 1.82) is 0 Å². The van der Waals surface area contributed by atoms with Gasteiger partial charge in [0.15, 0.2) is 0 Å². The van der Waals surface area contributed by atoms with Gasteiger partial charge in [-0.15, -0.1) is 0 Å². The zero-order valence-corrected chi connectivity index (χ0v) is 14.0. The van der Waals surface area contributed by atoms with Gasteiger partial charge in [-0.2, -0.15) is 0 Å². The lowest BCUT2D eigenvalue weighted by molar-refractivity contribution is -0.120. The highest BCUT2D eigenvalue weighted by Crippen LogP contribution is 2.20. The van der Waals surface area contributed by atoms with Crippen LogP contribution < -0.4 is 10.0 Å². The summed E-state index contributed by atoms with van der Waals surface area (Å²) in [6.07, 6.45) is 5.40. The fourth-order valence-corrected chi connectivity index (χ4v) is 4.41. The highest BCUT2D eigenvalue weighted by molar-refractivity contribution is 9.10. The molecule has 21 heavy (non-hydrogen) atoms. The molecule has 1 aliphatic rings. The van der Waals surface area contributed by atoms with Crippen molar-refractivity contribution in [3.8, 4) is 0 Å². The van der Waals surface area contributed by atoms with E-state index in [0.717, 1.165) is 25.7 Å². The summed E-state index contributed by atoms with van der Waals surface area (Å²) in [4.78, 5) is 12.0. The molecule has 2 rings (SSSR count). The first kappa shape index (κ1) is 16.5. The van der Waals surface area contributed by atoms with E-state index in [1.54, 1.807) is 18.2 Å². The number of amides is 1. The van der Waals surface area contributed by atoms with Gasteiger partial charge < -0.3 is 5.32 Å². The summed E-state index contributed by atoms with van der Waals surface area (Å²) < 4.78 is 27.1. The van der Waals surface area contributed by atoms with Crippen molar-refractivity contribution < 1.29 is 13.2 Å². The van der Waals surface area contributed by atoms with Crippen LogP contribution in [0.3, 0.4) is 0 Å². The minimum atomic E-state index is -3.68. The zero-order valence-electron chi connectivity index (χ0n) is 11.6. The molecule has 1 amide bonds. The van der Waals surface area contributed by atoms with Crippen molar-refractivity contribution in [3.05, 3.63) is 28.7 Å². The average molecular weight is 375 g/mol. The number of carbonyl (C=O) groups excluding carboxylic acids is 1. The van der Waals surface area contributed by atoms with Gasteiger partial charge in [0.05, 0.1) is 11.4 Å². The predicted molar refractivity (Wildman–Crippen MR) is 84.3 cm³/mol. The number of sulfonamides is 1. The van der Waals surface area contributed by atoms with E-state index < -0.39 is 10.0 Å². The van der Waals surface area contributed by atoms with Crippen LogP contribution in [0.2, 0.25) is 0 Å². The molecular weight excluding hydrogens is 356 g/mol. The quantitative estimate of drug-likeness (QED) is 0.829. The lowest BCUT2D eigenvalue weighted by atomic mass is 9.95. The Hall–Kier alpha value is -0.920. The molecule has 0 aliphatic heterocycles. The number of nitrogens with one attached hydrogen (secondary N) is 2. The van der Waals surface area contributed by atoms with Crippen molar-refractivity contribution in [2.24, 2.45) is 0 Å². The molecule has 1 saturated carbocycles. The van der Waals surface area contributed by atoms with Crippen LogP contribution in [0.25, 0.3) is 0 Å². The third kappa shape index (κ3) is 4.79. The molecule has 2 N–H and O–H groups in total. The van der Waals surface area contributed by atoms with Crippen LogP contribution >= 0.6 is 15.9 Å². The molecule has 0 spiro atoms. The van der Waals surface area contributed by atoms with E-state index in [0.29, 0.717) is 4.47 Å². The summed E-state index contributed by atoms with van der Waals surface area (Å²) in [5, 5.41) is 2.88. The third-order valence-electron chi connectivity index (χ3n) is 3.52. The van der Waals surface area contributed by atoms with Crippen molar-refractivity contribution in [2.45, 2.75) is 43.0 Å². The van der Waals surface area contributed by atoms with Crippen molar-refractivity contribution in [3.63, 3.8) is 0 Å². The van der Waals surface area contributed by atoms with E-state index in [-0.39, 0.29) is 23.4 Å². The van der Waals surface area contributed by atoms with Crippen LogP contribution in [0.1, 0.15) is 32.1 Å². The molecule has 7 heteroatoms. The minimum Gasteiger partial charge on any atom is -0.352 e. The fourth-order valence-electron chi connectivity index (χ4n) is 2.43. The van der Waals surface area contributed by atoms with E-state index >= 15 is 0 Å². The van der Waals surface area contributed by atoms with Crippen LogP contribution in [0, 0.1) is 0 Å². The molecule has 0 radical (unpaired) electrons. The van der Waals surface area contributed by atoms with E-state index in [9.17, 15) is 13.2 Å². The Morgan fingerprint density at radius 1 is 1.19 bits per heavy atom. The molecule has 0 bridgehead atoms. The van der Waals surface area contributed by atoms with Crippen LogP contribution in [0.4, 0.5) is 0 Å². The molecule has 5 nitrogen and oxygen atoms in total. The molecule has 1 aromatic carbocycles. The smallest absolute Gasteiger partial charge is 0.242 e. The predicted octanol–water partition coefficient (Wildman–Crippen LogP) is 2.18. The van der Waals surface area contributed by atoms with Gasteiger partial charge in [-0.3, -0.25) is 4.79 Å². The summed E-state index contributed by atoms with van der Waals surface area (Å²) in [5.74, 6) is -0.280. The molecular formula is C14H19BrN2O3S. The maximum absolute atomic E-state index is 12.1. The maximum Gasteiger partial charge on any atom is 0.242 e. The van der Waals surface area contributed by atoms with Crippen molar-refractivity contribution in [1.82, 2.24) is 10.0 Å². The Morgan fingerprint density at radius 2 is 1.86 bits per heavy atom. The molecule has 0 atom stereocenters. The van der Waals surface area contributed by atoms with Gasteiger partial charge in [0.2, 0.25) is 15.9 Å². The lowest BCUT2D eigenvalue weighted by Crippen LogP contribution is -2.42. The first-order chi connectivity index (χ1) is 9.99. The Labute approximate surface area is 133 Å². The van der Waals surface area contributed by atoms with Gasteiger partial charge >= 0.3 is 0 Å². The van der Waals surface area contributed by atoms with Gasteiger partial charge in [-0.05, 0) is 40.9 Å². The van der Waals surface area contributed by atoms with E-state index in [2.05, 4.69) is 26.0 Å². The molecule has 1 aromatic rings. The molecule has 116 valence electrons. The standard InChI is InChI=1S/C14H19BrN2O3S/c15-12-8-4-5-9-13(12)21(19,20)16-10-14(18)17-11-6-2-1-3-7-11/h4-5,8-9,11,16H,1-3,6-7,10H2,(H,17,18). The Balaban J connectivity index is 1.89. The monoisotopic (exact) mass is 374 g/mol. The third-order valence-corrected chi connectivity index (χ3v) is 5.93. The number of halogens is 1. The highest BCUT2D eigenvalue weighted by Gasteiger charge is 2.20. The Kier molecular flexibility index (Phi) is 5.78. The van der Waals surface area contributed by atoms with Gasteiger partial charge in [0.1, 0.15) is 0 Å².